The van der Waals surface area contributed by atoms with Gasteiger partial charge in [0.25, 0.3) is 5.91 Å². The highest BCUT2D eigenvalue weighted by molar-refractivity contribution is 5.95. The molecule has 2 aromatic carbocycles. The maximum Gasteiger partial charge on any atom is 0.251 e. The number of benzene rings is 2. The molecule has 20 heavy (non-hydrogen) atoms. The molecular formula is C17H20N2O. The standard InChI is InChI=1S/C17H20N2O/c1-12-3-4-13(2)16(11-12)17(20)19-10-9-14-5-7-15(18)8-6-14/h3-8,11H,9-10,18H2,1-2H3,(H,19,20). The lowest BCUT2D eigenvalue weighted by molar-refractivity contribution is 0.0953. The summed E-state index contributed by atoms with van der Waals surface area (Å²) in [6.45, 7) is 4.56. The van der Waals surface area contributed by atoms with Crippen LogP contribution in [0.4, 0.5) is 5.69 Å². The van der Waals surface area contributed by atoms with Gasteiger partial charge in [-0.2, -0.15) is 0 Å². The van der Waals surface area contributed by atoms with Crippen molar-refractivity contribution < 1.29 is 4.79 Å². The Kier molecular flexibility index (Phi) is 4.41. The van der Waals surface area contributed by atoms with Crippen molar-refractivity contribution in [2.24, 2.45) is 0 Å². The molecule has 1 amide bonds. The van der Waals surface area contributed by atoms with Crippen LogP contribution in [0.3, 0.4) is 0 Å². The maximum atomic E-state index is 12.1. The number of nitrogens with two attached hydrogens (primary N) is 1. The molecule has 104 valence electrons. The summed E-state index contributed by atoms with van der Waals surface area (Å²) in [4.78, 5) is 12.1. The molecule has 2 rings (SSSR count). The number of nitrogen functional groups attached to an aromatic ring is 1. The molecule has 0 fully saturated rings. The molecule has 0 saturated carbocycles. The third-order valence-corrected chi connectivity index (χ3v) is 3.32. The first-order chi connectivity index (χ1) is 9.56. The Morgan fingerprint density at radius 2 is 1.80 bits per heavy atom. The average molecular weight is 268 g/mol. The van der Waals surface area contributed by atoms with Gasteiger partial charge in [-0.25, -0.2) is 0 Å². The van der Waals surface area contributed by atoms with Crippen LogP contribution < -0.4 is 11.1 Å². The molecule has 3 nitrogen and oxygen atoms in total. The number of carbonyl (C=O) groups excluding carboxylic acids is 1. The van der Waals surface area contributed by atoms with E-state index in [1.807, 2.05) is 56.3 Å². The third kappa shape index (κ3) is 3.60. The van der Waals surface area contributed by atoms with Crippen molar-refractivity contribution >= 4 is 11.6 Å². The number of carbonyl (C=O) groups is 1. The minimum atomic E-state index is -0.0124. The summed E-state index contributed by atoms with van der Waals surface area (Å²) >= 11 is 0. The van der Waals surface area contributed by atoms with E-state index in [1.54, 1.807) is 0 Å². The number of hydrogen-bond acceptors (Lipinski definition) is 2. The first kappa shape index (κ1) is 14.1. The van der Waals surface area contributed by atoms with Crippen LogP contribution in [0, 0.1) is 13.8 Å². The Morgan fingerprint density at radius 3 is 2.50 bits per heavy atom. The van der Waals surface area contributed by atoms with E-state index in [4.69, 9.17) is 5.73 Å². The SMILES string of the molecule is Cc1ccc(C)c(C(=O)NCCc2ccc(N)cc2)c1. The van der Waals surface area contributed by atoms with Gasteiger partial charge in [0.1, 0.15) is 0 Å². The summed E-state index contributed by atoms with van der Waals surface area (Å²) in [5.74, 6) is -0.0124. The number of aryl methyl sites for hydroxylation is 2. The van der Waals surface area contributed by atoms with Crippen LogP contribution in [-0.4, -0.2) is 12.5 Å². The lowest BCUT2D eigenvalue weighted by Crippen LogP contribution is -2.26. The molecule has 0 aliphatic carbocycles. The van der Waals surface area contributed by atoms with Crippen LogP contribution >= 0.6 is 0 Å². The van der Waals surface area contributed by atoms with Gasteiger partial charge in [-0.3, -0.25) is 4.79 Å². The quantitative estimate of drug-likeness (QED) is 0.838. The summed E-state index contributed by atoms with van der Waals surface area (Å²) in [7, 11) is 0. The van der Waals surface area contributed by atoms with E-state index in [0.29, 0.717) is 6.54 Å². The lowest BCUT2D eigenvalue weighted by atomic mass is 10.0. The van der Waals surface area contributed by atoms with Crippen LogP contribution in [0.2, 0.25) is 0 Å². The van der Waals surface area contributed by atoms with Crippen molar-refractivity contribution in [3.05, 3.63) is 64.7 Å². The largest absolute Gasteiger partial charge is 0.399 e. The molecule has 0 aromatic heterocycles. The normalized spacial score (nSPS) is 10.3. The third-order valence-electron chi connectivity index (χ3n) is 3.32. The highest BCUT2D eigenvalue weighted by Gasteiger charge is 2.08. The monoisotopic (exact) mass is 268 g/mol. The topological polar surface area (TPSA) is 55.1 Å². The maximum absolute atomic E-state index is 12.1. The van der Waals surface area contributed by atoms with Crippen molar-refractivity contribution in [3.63, 3.8) is 0 Å². The summed E-state index contributed by atoms with van der Waals surface area (Å²) in [5, 5.41) is 2.96. The fourth-order valence-corrected chi connectivity index (χ4v) is 2.08. The smallest absolute Gasteiger partial charge is 0.251 e. The number of rotatable bonds is 4. The van der Waals surface area contributed by atoms with E-state index in [-0.39, 0.29) is 5.91 Å². The summed E-state index contributed by atoms with van der Waals surface area (Å²) in [6, 6.07) is 13.6. The summed E-state index contributed by atoms with van der Waals surface area (Å²) in [6.07, 6.45) is 0.802. The fourth-order valence-electron chi connectivity index (χ4n) is 2.08. The number of amides is 1. The Hall–Kier alpha value is -2.29. The zero-order chi connectivity index (χ0) is 14.5. The van der Waals surface area contributed by atoms with Crippen LogP contribution in [0.25, 0.3) is 0 Å². The summed E-state index contributed by atoms with van der Waals surface area (Å²) in [5.41, 5.74) is 10.4. The van der Waals surface area contributed by atoms with Gasteiger partial charge in [0, 0.05) is 17.8 Å². The van der Waals surface area contributed by atoms with Crippen molar-refractivity contribution in [3.8, 4) is 0 Å². The minimum absolute atomic E-state index is 0.0124. The first-order valence-electron chi connectivity index (χ1n) is 6.76. The van der Waals surface area contributed by atoms with E-state index in [1.165, 1.54) is 5.56 Å². The second-order valence-electron chi connectivity index (χ2n) is 5.07. The van der Waals surface area contributed by atoms with E-state index in [9.17, 15) is 4.79 Å². The molecule has 0 radical (unpaired) electrons. The van der Waals surface area contributed by atoms with E-state index >= 15 is 0 Å². The highest BCUT2D eigenvalue weighted by Crippen LogP contribution is 2.10. The second-order valence-corrected chi connectivity index (χ2v) is 5.07. The Morgan fingerprint density at radius 1 is 1.10 bits per heavy atom. The zero-order valence-corrected chi connectivity index (χ0v) is 11.9. The molecule has 0 aliphatic rings. The van der Waals surface area contributed by atoms with Gasteiger partial charge in [0.15, 0.2) is 0 Å². The Labute approximate surface area is 119 Å². The van der Waals surface area contributed by atoms with E-state index in [0.717, 1.165) is 28.8 Å². The van der Waals surface area contributed by atoms with Crippen molar-refractivity contribution in [2.75, 3.05) is 12.3 Å². The van der Waals surface area contributed by atoms with Crippen LogP contribution in [0.1, 0.15) is 27.0 Å². The average Bonchev–Trinajstić information content (AvgIpc) is 2.43. The highest BCUT2D eigenvalue weighted by atomic mass is 16.1. The number of nitrogens with one attached hydrogen (secondary N) is 1. The van der Waals surface area contributed by atoms with Gasteiger partial charge >= 0.3 is 0 Å². The van der Waals surface area contributed by atoms with Crippen molar-refractivity contribution in [2.45, 2.75) is 20.3 Å². The molecule has 0 spiro atoms. The van der Waals surface area contributed by atoms with Gasteiger partial charge in [0.05, 0.1) is 0 Å². The minimum Gasteiger partial charge on any atom is -0.399 e. The van der Waals surface area contributed by atoms with E-state index in [2.05, 4.69) is 5.32 Å². The molecule has 0 aliphatic heterocycles. The lowest BCUT2D eigenvalue weighted by Gasteiger charge is -2.09. The molecule has 0 atom stereocenters. The van der Waals surface area contributed by atoms with Gasteiger partial charge in [-0.05, 0) is 49.6 Å². The number of hydrogen-bond donors (Lipinski definition) is 2. The molecule has 0 bridgehead atoms. The van der Waals surface area contributed by atoms with Gasteiger partial charge < -0.3 is 11.1 Å². The molecule has 0 unspecified atom stereocenters. The predicted molar refractivity (Wildman–Crippen MR) is 82.8 cm³/mol. The van der Waals surface area contributed by atoms with Crippen molar-refractivity contribution in [1.29, 1.82) is 0 Å². The molecule has 0 saturated heterocycles. The van der Waals surface area contributed by atoms with Gasteiger partial charge in [-0.1, -0.05) is 29.8 Å². The van der Waals surface area contributed by atoms with Gasteiger partial charge in [-0.15, -0.1) is 0 Å². The Bertz CT molecular complexity index is 603. The number of anilines is 1. The van der Waals surface area contributed by atoms with Crippen LogP contribution in [0.5, 0.6) is 0 Å². The molecule has 3 heteroatoms. The second kappa shape index (κ2) is 6.24. The predicted octanol–water partition coefficient (Wildman–Crippen LogP) is 2.86. The summed E-state index contributed by atoms with van der Waals surface area (Å²) < 4.78 is 0. The van der Waals surface area contributed by atoms with Crippen molar-refractivity contribution in [1.82, 2.24) is 5.32 Å². The molecular weight excluding hydrogens is 248 g/mol. The van der Waals surface area contributed by atoms with E-state index < -0.39 is 0 Å². The van der Waals surface area contributed by atoms with Crippen LogP contribution in [0.15, 0.2) is 42.5 Å². The van der Waals surface area contributed by atoms with Gasteiger partial charge in [0.2, 0.25) is 0 Å². The molecule has 3 N–H and O–H groups in total. The van der Waals surface area contributed by atoms with Crippen LogP contribution in [-0.2, 0) is 6.42 Å². The fraction of sp³-hybridized carbons (Fsp3) is 0.235. The Balaban J connectivity index is 1.92. The zero-order valence-electron chi connectivity index (χ0n) is 11.9. The molecule has 0 heterocycles. The first-order valence-corrected chi connectivity index (χ1v) is 6.76. The molecule has 2 aromatic rings.